The molecule has 3 amide bonds. The molecule has 0 bridgehead atoms. The molecule has 0 aliphatic carbocycles. The molecular weight excluding hydrogens is 514 g/mol. The molecule has 0 spiro atoms. The van der Waals surface area contributed by atoms with Crippen LogP contribution < -0.4 is 20.1 Å². The lowest BCUT2D eigenvalue weighted by Gasteiger charge is -2.32. The van der Waals surface area contributed by atoms with Gasteiger partial charge in [0.2, 0.25) is 11.8 Å². The van der Waals surface area contributed by atoms with Gasteiger partial charge < -0.3 is 34.2 Å². The van der Waals surface area contributed by atoms with Crippen molar-refractivity contribution in [2.75, 3.05) is 40.5 Å². The molecule has 2 aromatic carbocycles. The van der Waals surface area contributed by atoms with Crippen LogP contribution in [0.25, 0.3) is 0 Å². The van der Waals surface area contributed by atoms with E-state index in [0.29, 0.717) is 36.6 Å². The molecule has 212 valence electrons. The lowest BCUT2D eigenvalue weighted by Crippen LogP contribution is -2.49. The third kappa shape index (κ3) is 7.41. The Morgan fingerprint density at radius 1 is 1.00 bits per heavy atom. The van der Waals surface area contributed by atoms with E-state index >= 15 is 0 Å². The van der Waals surface area contributed by atoms with Gasteiger partial charge in [-0.2, -0.15) is 0 Å². The summed E-state index contributed by atoms with van der Waals surface area (Å²) in [5, 5.41) is 5.58. The van der Waals surface area contributed by atoms with Crippen molar-refractivity contribution in [3.8, 4) is 11.5 Å². The molecule has 10 nitrogen and oxygen atoms in total. The van der Waals surface area contributed by atoms with Gasteiger partial charge in [-0.1, -0.05) is 36.4 Å². The monoisotopic (exact) mass is 549 g/mol. The second-order valence-corrected chi connectivity index (χ2v) is 9.38. The van der Waals surface area contributed by atoms with Crippen molar-refractivity contribution in [3.05, 3.63) is 83.8 Å². The van der Waals surface area contributed by atoms with Gasteiger partial charge in [0, 0.05) is 19.7 Å². The highest BCUT2D eigenvalue weighted by Crippen LogP contribution is 2.32. The number of ether oxygens (including phenoxy) is 3. The third-order valence-electron chi connectivity index (χ3n) is 6.76. The minimum Gasteiger partial charge on any atom is -0.493 e. The largest absolute Gasteiger partial charge is 0.493 e. The van der Waals surface area contributed by atoms with Gasteiger partial charge in [-0.3, -0.25) is 14.4 Å². The van der Waals surface area contributed by atoms with E-state index in [2.05, 4.69) is 10.6 Å². The van der Waals surface area contributed by atoms with E-state index in [0.717, 1.165) is 18.4 Å². The van der Waals surface area contributed by atoms with Gasteiger partial charge in [-0.05, 0) is 54.7 Å². The summed E-state index contributed by atoms with van der Waals surface area (Å²) in [6.45, 7) is 0.901. The lowest BCUT2D eigenvalue weighted by molar-refractivity contribution is -0.140. The molecule has 2 atom stereocenters. The van der Waals surface area contributed by atoms with Crippen LogP contribution in [0, 0.1) is 0 Å². The first-order valence-electron chi connectivity index (χ1n) is 13.3. The molecule has 0 radical (unpaired) electrons. The highest BCUT2D eigenvalue weighted by atomic mass is 16.5. The molecular formula is C30H35N3O7. The zero-order valence-corrected chi connectivity index (χ0v) is 22.8. The van der Waals surface area contributed by atoms with Crippen molar-refractivity contribution in [1.82, 2.24) is 15.5 Å². The smallest absolute Gasteiger partial charge is 0.287 e. The molecule has 0 saturated carbocycles. The van der Waals surface area contributed by atoms with Gasteiger partial charge in [-0.15, -0.1) is 0 Å². The van der Waals surface area contributed by atoms with E-state index in [4.69, 9.17) is 18.6 Å². The van der Waals surface area contributed by atoms with Crippen molar-refractivity contribution in [2.24, 2.45) is 0 Å². The summed E-state index contributed by atoms with van der Waals surface area (Å²) in [5.74, 6) is -0.290. The van der Waals surface area contributed by atoms with E-state index < -0.39 is 17.9 Å². The van der Waals surface area contributed by atoms with Gasteiger partial charge in [0.1, 0.15) is 6.04 Å². The number of rotatable bonds is 13. The van der Waals surface area contributed by atoms with Gasteiger partial charge in [0.25, 0.3) is 5.91 Å². The number of furan rings is 1. The van der Waals surface area contributed by atoms with Crippen LogP contribution >= 0.6 is 0 Å². The summed E-state index contributed by atoms with van der Waals surface area (Å²) in [5.41, 5.74) is 1.55. The number of carbonyl (C=O) groups is 3. The second-order valence-electron chi connectivity index (χ2n) is 9.38. The fraction of sp³-hybridized carbons (Fsp3) is 0.367. The van der Waals surface area contributed by atoms with E-state index in [9.17, 15) is 14.4 Å². The van der Waals surface area contributed by atoms with Crippen molar-refractivity contribution in [1.29, 1.82) is 0 Å². The Labute approximate surface area is 233 Å². The topological polar surface area (TPSA) is 119 Å². The molecule has 1 aliphatic rings. The number of hydrogen-bond donors (Lipinski definition) is 2. The fourth-order valence-electron chi connectivity index (χ4n) is 4.66. The van der Waals surface area contributed by atoms with Crippen LogP contribution in [0.15, 0.2) is 71.3 Å². The molecule has 4 rings (SSSR count). The fourth-order valence-corrected chi connectivity index (χ4v) is 4.66. The van der Waals surface area contributed by atoms with Gasteiger partial charge in [-0.25, -0.2) is 0 Å². The molecule has 1 aromatic heterocycles. The minimum absolute atomic E-state index is 0.0731. The second kappa shape index (κ2) is 14.2. The number of hydrogen-bond acceptors (Lipinski definition) is 7. The number of benzene rings is 2. The Kier molecular flexibility index (Phi) is 10.2. The van der Waals surface area contributed by atoms with Crippen molar-refractivity contribution < 1.29 is 33.0 Å². The summed E-state index contributed by atoms with van der Waals surface area (Å²) in [6.07, 6.45) is 3.61. The van der Waals surface area contributed by atoms with Crippen LogP contribution in [0.3, 0.4) is 0 Å². The van der Waals surface area contributed by atoms with E-state index in [1.165, 1.54) is 31.4 Å². The summed E-state index contributed by atoms with van der Waals surface area (Å²) < 4.78 is 21.7. The molecule has 1 aliphatic heterocycles. The maximum atomic E-state index is 13.8. The van der Waals surface area contributed by atoms with Crippen LogP contribution in [0.4, 0.5) is 0 Å². The first kappa shape index (κ1) is 28.7. The van der Waals surface area contributed by atoms with E-state index in [-0.39, 0.29) is 30.9 Å². The van der Waals surface area contributed by atoms with E-state index in [1.807, 2.05) is 30.3 Å². The molecule has 3 aromatic rings. The SMILES string of the molecule is COc1ccc([C@H](C(=O)NC[C@@H]2CCCO2)N(CCc2ccccc2)C(=O)CNC(=O)c2ccco2)cc1OC. The quantitative estimate of drug-likeness (QED) is 0.336. The molecule has 0 unspecified atom stereocenters. The molecule has 40 heavy (non-hydrogen) atoms. The molecule has 2 N–H and O–H groups in total. The average molecular weight is 550 g/mol. The summed E-state index contributed by atoms with van der Waals surface area (Å²) in [6, 6.07) is 16.9. The zero-order chi connectivity index (χ0) is 28.3. The van der Waals surface area contributed by atoms with Crippen LogP contribution in [0.1, 0.15) is 40.6 Å². The molecule has 1 saturated heterocycles. The van der Waals surface area contributed by atoms with Crippen LogP contribution in [0.2, 0.25) is 0 Å². The van der Waals surface area contributed by atoms with Crippen LogP contribution in [-0.4, -0.2) is 69.2 Å². The normalized spacial score (nSPS) is 15.2. The van der Waals surface area contributed by atoms with E-state index in [1.54, 1.807) is 24.3 Å². The Bertz CT molecular complexity index is 1260. The summed E-state index contributed by atoms with van der Waals surface area (Å²) in [4.78, 5) is 41.5. The number of nitrogens with zero attached hydrogens (tertiary/aromatic N) is 1. The number of amides is 3. The highest BCUT2D eigenvalue weighted by molar-refractivity contribution is 5.95. The van der Waals surface area contributed by atoms with Gasteiger partial charge in [0.05, 0.1) is 33.1 Å². The highest BCUT2D eigenvalue weighted by Gasteiger charge is 2.33. The summed E-state index contributed by atoms with van der Waals surface area (Å²) in [7, 11) is 3.04. The third-order valence-corrected chi connectivity index (χ3v) is 6.76. The molecule has 10 heteroatoms. The van der Waals surface area contributed by atoms with Gasteiger partial charge in [0.15, 0.2) is 17.3 Å². The summed E-state index contributed by atoms with van der Waals surface area (Å²) >= 11 is 0. The van der Waals surface area contributed by atoms with Gasteiger partial charge >= 0.3 is 0 Å². The average Bonchev–Trinajstić information content (AvgIpc) is 3.72. The minimum atomic E-state index is -1.00. The Morgan fingerprint density at radius 2 is 1.80 bits per heavy atom. The number of carbonyl (C=O) groups excluding carboxylic acids is 3. The first-order chi connectivity index (χ1) is 19.5. The molecule has 1 fully saturated rings. The van der Waals surface area contributed by atoms with Crippen LogP contribution in [0.5, 0.6) is 11.5 Å². The Hall–Kier alpha value is -4.31. The van der Waals surface area contributed by atoms with Crippen molar-refractivity contribution in [3.63, 3.8) is 0 Å². The maximum Gasteiger partial charge on any atom is 0.287 e. The van der Waals surface area contributed by atoms with Crippen molar-refractivity contribution >= 4 is 17.7 Å². The lowest BCUT2D eigenvalue weighted by atomic mass is 10.0. The number of methoxy groups -OCH3 is 2. The predicted octanol–water partition coefficient (Wildman–Crippen LogP) is 3.13. The Balaban J connectivity index is 1.63. The zero-order valence-electron chi connectivity index (χ0n) is 22.8. The van der Waals surface area contributed by atoms with Crippen molar-refractivity contribution in [2.45, 2.75) is 31.4 Å². The first-order valence-corrected chi connectivity index (χ1v) is 13.3. The Morgan fingerprint density at radius 3 is 2.48 bits per heavy atom. The standard InChI is InChI=1S/C30H35N3O7/c1-37-24-13-12-22(18-26(24)38-2)28(30(36)31-19-23-10-6-16-39-23)33(15-14-21-8-4-3-5-9-21)27(34)20-32-29(35)25-11-7-17-40-25/h3-5,7-9,11-13,17-18,23,28H,6,10,14-16,19-20H2,1-2H3,(H,31,36)(H,32,35)/t23-,28+/m0/s1. The number of nitrogens with one attached hydrogen (secondary N) is 2. The van der Waals surface area contributed by atoms with Crippen LogP contribution in [-0.2, 0) is 20.7 Å². The maximum absolute atomic E-state index is 13.8. The molecule has 2 heterocycles. The predicted molar refractivity (Wildman–Crippen MR) is 147 cm³/mol.